The van der Waals surface area contributed by atoms with Gasteiger partial charge in [0.15, 0.2) is 0 Å². The maximum Gasteiger partial charge on any atom is 0.137 e. The molecule has 0 heterocycles. The summed E-state index contributed by atoms with van der Waals surface area (Å²) in [5.74, 6) is 0.490. The van der Waals surface area contributed by atoms with Crippen LogP contribution in [0.3, 0.4) is 0 Å². The van der Waals surface area contributed by atoms with Crippen molar-refractivity contribution in [1.82, 2.24) is 0 Å². The fraction of sp³-hybridized carbons (Fsp3) is 0.538. The van der Waals surface area contributed by atoms with Crippen LogP contribution in [-0.4, -0.2) is 5.54 Å². The summed E-state index contributed by atoms with van der Waals surface area (Å²) in [6, 6.07) is 5.16. The van der Waals surface area contributed by atoms with Crippen molar-refractivity contribution in [2.45, 2.75) is 38.1 Å². The smallest absolute Gasteiger partial charge is 0.137 e. The van der Waals surface area contributed by atoms with Gasteiger partial charge in [-0.05, 0) is 59.2 Å². The summed E-state index contributed by atoms with van der Waals surface area (Å²) < 4.78 is 13.9. The van der Waals surface area contributed by atoms with E-state index in [1.165, 1.54) is 12.5 Å². The highest BCUT2D eigenvalue weighted by molar-refractivity contribution is 9.10. The van der Waals surface area contributed by atoms with E-state index >= 15 is 0 Å². The summed E-state index contributed by atoms with van der Waals surface area (Å²) in [6.07, 6.45) is 4.02. The average molecular weight is 286 g/mol. The lowest BCUT2D eigenvalue weighted by Gasteiger charge is -2.24. The quantitative estimate of drug-likeness (QED) is 0.882. The van der Waals surface area contributed by atoms with Crippen molar-refractivity contribution >= 4 is 15.9 Å². The Morgan fingerprint density at radius 2 is 2.31 bits per heavy atom. The fourth-order valence-electron chi connectivity index (χ4n) is 2.66. The molecule has 88 valence electrons. The Hall–Kier alpha value is -0.410. The molecule has 0 saturated heterocycles. The highest BCUT2D eigenvalue weighted by Gasteiger charge is 2.34. The van der Waals surface area contributed by atoms with E-state index in [1.54, 1.807) is 6.07 Å². The van der Waals surface area contributed by atoms with Crippen LogP contribution in [0, 0.1) is 11.7 Å². The second kappa shape index (κ2) is 4.46. The molecule has 2 atom stereocenters. The maximum absolute atomic E-state index is 13.4. The number of nitrogens with two attached hydrogens (primary N) is 1. The van der Waals surface area contributed by atoms with E-state index in [1.807, 2.05) is 6.07 Å². The fourth-order valence-corrected chi connectivity index (χ4v) is 3.06. The monoisotopic (exact) mass is 285 g/mol. The van der Waals surface area contributed by atoms with Crippen molar-refractivity contribution in [3.8, 4) is 0 Å². The van der Waals surface area contributed by atoms with Gasteiger partial charge >= 0.3 is 0 Å². The Labute approximate surface area is 104 Å². The van der Waals surface area contributed by atoms with Gasteiger partial charge in [-0.1, -0.05) is 19.1 Å². The molecule has 0 amide bonds. The Bertz CT molecular complexity index is 394. The molecule has 1 aromatic rings. The number of rotatable bonds is 2. The molecule has 16 heavy (non-hydrogen) atoms. The molecule has 1 fully saturated rings. The van der Waals surface area contributed by atoms with Crippen LogP contribution in [0.25, 0.3) is 0 Å². The van der Waals surface area contributed by atoms with Crippen LogP contribution < -0.4 is 5.73 Å². The zero-order chi connectivity index (χ0) is 11.8. The summed E-state index contributed by atoms with van der Waals surface area (Å²) in [5.41, 5.74) is 7.20. The lowest BCUT2D eigenvalue weighted by molar-refractivity contribution is 0.417. The van der Waals surface area contributed by atoms with Crippen LogP contribution >= 0.6 is 15.9 Å². The van der Waals surface area contributed by atoms with Crippen molar-refractivity contribution in [2.24, 2.45) is 11.7 Å². The molecule has 0 radical (unpaired) electrons. The van der Waals surface area contributed by atoms with E-state index in [2.05, 4.69) is 22.9 Å². The average Bonchev–Trinajstić information content (AvgIpc) is 2.54. The minimum Gasteiger partial charge on any atom is -0.325 e. The Balaban J connectivity index is 2.18. The normalized spacial score (nSPS) is 29.6. The van der Waals surface area contributed by atoms with E-state index in [9.17, 15) is 4.39 Å². The highest BCUT2D eigenvalue weighted by Crippen LogP contribution is 2.36. The van der Waals surface area contributed by atoms with Crippen molar-refractivity contribution in [1.29, 1.82) is 0 Å². The van der Waals surface area contributed by atoms with Gasteiger partial charge in [0.1, 0.15) is 5.82 Å². The number of halogens is 2. The maximum atomic E-state index is 13.4. The van der Waals surface area contributed by atoms with E-state index in [0.29, 0.717) is 10.4 Å². The third kappa shape index (κ3) is 2.46. The van der Waals surface area contributed by atoms with Gasteiger partial charge in [-0.2, -0.15) is 0 Å². The van der Waals surface area contributed by atoms with Crippen LogP contribution in [-0.2, 0) is 6.42 Å². The highest BCUT2D eigenvalue weighted by atomic mass is 79.9. The molecule has 0 bridgehead atoms. The van der Waals surface area contributed by atoms with Gasteiger partial charge in [-0.15, -0.1) is 0 Å². The van der Waals surface area contributed by atoms with E-state index < -0.39 is 0 Å². The van der Waals surface area contributed by atoms with Gasteiger partial charge in [-0.25, -0.2) is 4.39 Å². The van der Waals surface area contributed by atoms with Crippen LogP contribution in [0.2, 0.25) is 0 Å². The predicted octanol–water partition coefficient (Wildman–Crippen LogP) is 3.65. The SMILES string of the molecule is CC1CCC(N)(Cc2cccc(F)c2Br)C1. The zero-order valence-corrected chi connectivity index (χ0v) is 11.1. The Morgan fingerprint density at radius 1 is 1.56 bits per heavy atom. The first-order valence-electron chi connectivity index (χ1n) is 5.72. The molecule has 1 aliphatic carbocycles. The molecule has 2 unspecified atom stereocenters. The van der Waals surface area contributed by atoms with E-state index in [-0.39, 0.29) is 11.4 Å². The molecule has 1 saturated carbocycles. The zero-order valence-electron chi connectivity index (χ0n) is 9.47. The number of benzene rings is 1. The minimum atomic E-state index is -0.202. The topological polar surface area (TPSA) is 26.0 Å². The first kappa shape index (κ1) is 12.1. The van der Waals surface area contributed by atoms with Crippen LogP contribution in [0.15, 0.2) is 22.7 Å². The Morgan fingerprint density at radius 3 is 2.94 bits per heavy atom. The van der Waals surface area contributed by atoms with Crippen molar-refractivity contribution < 1.29 is 4.39 Å². The molecule has 2 rings (SSSR count). The molecular weight excluding hydrogens is 269 g/mol. The molecule has 3 heteroatoms. The molecule has 0 aromatic heterocycles. The summed E-state index contributed by atoms with van der Waals surface area (Å²) in [7, 11) is 0. The van der Waals surface area contributed by atoms with Gasteiger partial charge in [0.25, 0.3) is 0 Å². The lowest BCUT2D eigenvalue weighted by Crippen LogP contribution is -2.39. The van der Waals surface area contributed by atoms with Gasteiger partial charge in [0, 0.05) is 5.54 Å². The third-order valence-electron chi connectivity index (χ3n) is 3.46. The van der Waals surface area contributed by atoms with Gasteiger partial charge in [0.2, 0.25) is 0 Å². The molecule has 2 N–H and O–H groups in total. The second-order valence-electron chi connectivity index (χ2n) is 5.10. The summed E-state index contributed by atoms with van der Waals surface area (Å²) >= 11 is 3.30. The van der Waals surface area contributed by atoms with Crippen molar-refractivity contribution in [2.75, 3.05) is 0 Å². The first-order chi connectivity index (χ1) is 7.50. The van der Waals surface area contributed by atoms with Gasteiger partial charge < -0.3 is 5.73 Å². The molecular formula is C13H17BrFN. The molecule has 1 nitrogen and oxygen atoms in total. The number of hydrogen-bond acceptors (Lipinski definition) is 1. The van der Waals surface area contributed by atoms with Crippen LogP contribution in [0.1, 0.15) is 31.7 Å². The Kier molecular flexibility index (Phi) is 3.36. The summed E-state index contributed by atoms with van der Waals surface area (Å²) in [6.45, 7) is 2.23. The summed E-state index contributed by atoms with van der Waals surface area (Å²) in [4.78, 5) is 0. The minimum absolute atomic E-state index is 0.143. The largest absolute Gasteiger partial charge is 0.325 e. The summed E-state index contributed by atoms with van der Waals surface area (Å²) in [5, 5.41) is 0. The predicted molar refractivity (Wildman–Crippen MR) is 67.7 cm³/mol. The molecule has 1 aliphatic rings. The van der Waals surface area contributed by atoms with E-state index in [4.69, 9.17) is 5.73 Å². The lowest BCUT2D eigenvalue weighted by atomic mass is 9.89. The molecule has 0 spiro atoms. The van der Waals surface area contributed by atoms with Crippen LogP contribution in [0.4, 0.5) is 4.39 Å². The van der Waals surface area contributed by atoms with Gasteiger partial charge in [-0.3, -0.25) is 0 Å². The van der Waals surface area contributed by atoms with Crippen LogP contribution in [0.5, 0.6) is 0 Å². The van der Waals surface area contributed by atoms with Crippen molar-refractivity contribution in [3.63, 3.8) is 0 Å². The molecule has 1 aromatic carbocycles. The number of hydrogen-bond donors (Lipinski definition) is 1. The first-order valence-corrected chi connectivity index (χ1v) is 6.51. The second-order valence-corrected chi connectivity index (χ2v) is 5.89. The van der Waals surface area contributed by atoms with Gasteiger partial charge in [0.05, 0.1) is 4.47 Å². The molecule has 0 aliphatic heterocycles. The van der Waals surface area contributed by atoms with Crippen molar-refractivity contribution in [3.05, 3.63) is 34.1 Å². The third-order valence-corrected chi connectivity index (χ3v) is 4.35. The van der Waals surface area contributed by atoms with E-state index in [0.717, 1.165) is 24.8 Å². The standard InChI is InChI=1S/C13H17BrFN/c1-9-5-6-13(16,7-9)8-10-3-2-4-11(15)12(10)14/h2-4,9H,5-8,16H2,1H3.